The third kappa shape index (κ3) is 2.33. The minimum atomic E-state index is 0.108. The number of hydrogen-bond donors (Lipinski definition) is 0. The van der Waals surface area contributed by atoms with E-state index in [-0.39, 0.29) is 10.8 Å². The van der Waals surface area contributed by atoms with E-state index in [4.69, 9.17) is 0 Å². The van der Waals surface area contributed by atoms with Crippen LogP contribution in [0.25, 0.3) is 0 Å². The van der Waals surface area contributed by atoms with Crippen LogP contribution in [0.15, 0.2) is 6.07 Å². The van der Waals surface area contributed by atoms with Crippen LogP contribution in [0.5, 0.6) is 0 Å². The van der Waals surface area contributed by atoms with E-state index < -0.39 is 0 Å². The van der Waals surface area contributed by atoms with Crippen LogP contribution >= 0.6 is 0 Å². The molecule has 0 spiro atoms. The zero-order valence-corrected chi connectivity index (χ0v) is 9.47. The maximum atomic E-state index is 4.20. The molecular formula is C11H19N2-. The average Bonchev–Trinajstić information content (AvgIpc) is 2.28. The molecule has 0 N–H and O–H groups in total. The van der Waals surface area contributed by atoms with Gasteiger partial charge in [-0.2, -0.15) is 0 Å². The molecule has 1 heterocycles. The summed E-state index contributed by atoms with van der Waals surface area (Å²) in [6.07, 6.45) is 0. The summed E-state index contributed by atoms with van der Waals surface area (Å²) in [6.45, 7) is 12.9. The molecule has 0 unspecified atom stereocenters. The second kappa shape index (κ2) is 2.86. The van der Waals surface area contributed by atoms with Crippen LogP contribution in [0.3, 0.4) is 0 Å². The molecule has 0 aliphatic heterocycles. The molecule has 2 heteroatoms. The SMILES string of the molecule is CC(C)(C)c1cc(C(C)(C)C)[n-]n1. The van der Waals surface area contributed by atoms with Gasteiger partial charge in [0.15, 0.2) is 0 Å². The molecule has 0 fully saturated rings. The van der Waals surface area contributed by atoms with Crippen molar-refractivity contribution in [2.45, 2.75) is 52.4 Å². The summed E-state index contributed by atoms with van der Waals surface area (Å²) in [7, 11) is 0. The van der Waals surface area contributed by atoms with Gasteiger partial charge in [0.05, 0.1) is 0 Å². The van der Waals surface area contributed by atoms with E-state index in [0.717, 1.165) is 11.4 Å². The molecule has 0 atom stereocenters. The van der Waals surface area contributed by atoms with Crippen molar-refractivity contribution in [1.82, 2.24) is 10.2 Å². The van der Waals surface area contributed by atoms with E-state index in [1.165, 1.54) is 0 Å². The maximum Gasteiger partial charge on any atom is 0.0217 e. The summed E-state index contributed by atoms with van der Waals surface area (Å²) >= 11 is 0. The summed E-state index contributed by atoms with van der Waals surface area (Å²) in [6, 6.07) is 2.11. The third-order valence-corrected chi connectivity index (χ3v) is 2.08. The van der Waals surface area contributed by atoms with Gasteiger partial charge < -0.3 is 10.2 Å². The standard InChI is InChI=1S/C11H19N2/c1-10(2,3)8-7-9(13-12-8)11(4,5)6/h7H,1-6H3/q-1. The second-order valence-electron chi connectivity index (χ2n) is 5.61. The van der Waals surface area contributed by atoms with Gasteiger partial charge in [0, 0.05) is 11.1 Å². The molecule has 1 aromatic heterocycles. The van der Waals surface area contributed by atoms with Crippen LogP contribution in [-0.4, -0.2) is 5.10 Å². The summed E-state index contributed by atoms with van der Waals surface area (Å²) in [5, 5.41) is 8.41. The quantitative estimate of drug-likeness (QED) is 0.612. The second-order valence-corrected chi connectivity index (χ2v) is 5.61. The zero-order valence-electron chi connectivity index (χ0n) is 9.47. The average molecular weight is 179 g/mol. The van der Waals surface area contributed by atoms with Gasteiger partial charge in [-0.15, -0.1) is 5.69 Å². The molecular weight excluding hydrogens is 160 g/mol. The summed E-state index contributed by atoms with van der Waals surface area (Å²) < 4.78 is 0. The largest absolute Gasteiger partial charge is 0.578 e. The lowest BCUT2D eigenvalue weighted by molar-refractivity contribution is 0.560. The van der Waals surface area contributed by atoms with E-state index >= 15 is 0 Å². The lowest BCUT2D eigenvalue weighted by atomic mass is 9.88. The third-order valence-electron chi connectivity index (χ3n) is 2.08. The Morgan fingerprint density at radius 3 is 1.77 bits per heavy atom. The molecule has 0 aliphatic rings. The lowest BCUT2D eigenvalue weighted by Gasteiger charge is -2.22. The molecule has 0 saturated heterocycles. The van der Waals surface area contributed by atoms with Crippen molar-refractivity contribution in [1.29, 1.82) is 0 Å². The molecule has 0 aromatic carbocycles. The van der Waals surface area contributed by atoms with Gasteiger partial charge >= 0.3 is 0 Å². The van der Waals surface area contributed by atoms with E-state index in [1.807, 2.05) is 0 Å². The van der Waals surface area contributed by atoms with Crippen LogP contribution in [-0.2, 0) is 10.8 Å². The van der Waals surface area contributed by atoms with Gasteiger partial charge in [-0.25, -0.2) is 0 Å². The van der Waals surface area contributed by atoms with Crippen molar-refractivity contribution in [3.05, 3.63) is 17.5 Å². The van der Waals surface area contributed by atoms with Crippen molar-refractivity contribution in [3.8, 4) is 0 Å². The monoisotopic (exact) mass is 179 g/mol. The minimum Gasteiger partial charge on any atom is -0.578 e. The van der Waals surface area contributed by atoms with E-state index in [1.54, 1.807) is 0 Å². The van der Waals surface area contributed by atoms with Gasteiger partial charge in [0.2, 0.25) is 0 Å². The fraction of sp³-hybridized carbons (Fsp3) is 0.727. The molecule has 1 aromatic rings. The van der Waals surface area contributed by atoms with Crippen molar-refractivity contribution in [3.63, 3.8) is 0 Å². The van der Waals surface area contributed by atoms with Crippen molar-refractivity contribution in [2.24, 2.45) is 0 Å². The maximum absolute atomic E-state index is 4.20. The Labute approximate surface area is 80.7 Å². The topological polar surface area (TPSA) is 27.0 Å². The van der Waals surface area contributed by atoms with Crippen molar-refractivity contribution >= 4 is 0 Å². The van der Waals surface area contributed by atoms with Crippen molar-refractivity contribution < 1.29 is 0 Å². The molecule has 13 heavy (non-hydrogen) atoms. The van der Waals surface area contributed by atoms with Crippen LogP contribution in [0.2, 0.25) is 0 Å². The van der Waals surface area contributed by atoms with E-state index in [0.29, 0.717) is 0 Å². The predicted molar refractivity (Wildman–Crippen MR) is 55.0 cm³/mol. The first-order chi connectivity index (χ1) is 5.71. The van der Waals surface area contributed by atoms with Crippen LogP contribution in [0.1, 0.15) is 52.9 Å². The number of hydrogen-bond acceptors (Lipinski definition) is 1. The Morgan fingerprint density at radius 1 is 1.00 bits per heavy atom. The highest BCUT2D eigenvalue weighted by atomic mass is 15.1. The van der Waals surface area contributed by atoms with Gasteiger partial charge in [-0.1, -0.05) is 47.6 Å². The normalized spacial score (nSPS) is 13.4. The number of rotatable bonds is 0. The highest BCUT2D eigenvalue weighted by molar-refractivity contribution is 5.20. The summed E-state index contributed by atoms with van der Waals surface area (Å²) in [5.41, 5.74) is 2.38. The molecule has 0 aliphatic carbocycles. The molecule has 0 amide bonds. The Morgan fingerprint density at radius 2 is 1.54 bits per heavy atom. The lowest BCUT2D eigenvalue weighted by Crippen LogP contribution is -2.13. The first kappa shape index (κ1) is 10.3. The predicted octanol–water partition coefficient (Wildman–Crippen LogP) is 2.63. The Hall–Kier alpha value is -0.790. The highest BCUT2D eigenvalue weighted by Gasteiger charge is 2.16. The Bertz CT molecular complexity index is 255. The van der Waals surface area contributed by atoms with Crippen LogP contribution in [0, 0.1) is 0 Å². The molecule has 0 radical (unpaired) electrons. The molecule has 74 valence electrons. The molecule has 0 saturated carbocycles. The Kier molecular flexibility index (Phi) is 2.27. The molecule has 1 rings (SSSR count). The highest BCUT2D eigenvalue weighted by Crippen LogP contribution is 2.25. The summed E-state index contributed by atoms with van der Waals surface area (Å²) in [4.78, 5) is 0. The van der Waals surface area contributed by atoms with Gasteiger partial charge in [0.25, 0.3) is 0 Å². The first-order valence-electron chi connectivity index (χ1n) is 4.72. The van der Waals surface area contributed by atoms with Gasteiger partial charge in [0.1, 0.15) is 0 Å². The summed E-state index contributed by atoms with van der Waals surface area (Å²) in [5.74, 6) is 0. The van der Waals surface area contributed by atoms with Gasteiger partial charge in [-0.05, 0) is 5.41 Å². The Balaban J connectivity index is 3.01. The fourth-order valence-corrected chi connectivity index (χ4v) is 1.03. The van der Waals surface area contributed by atoms with E-state index in [9.17, 15) is 0 Å². The van der Waals surface area contributed by atoms with Gasteiger partial charge in [-0.3, -0.25) is 0 Å². The van der Waals surface area contributed by atoms with Crippen molar-refractivity contribution in [2.75, 3.05) is 0 Å². The fourth-order valence-electron chi connectivity index (χ4n) is 1.03. The van der Waals surface area contributed by atoms with Crippen LogP contribution < -0.4 is 5.10 Å². The zero-order chi connectivity index (χ0) is 10.3. The first-order valence-corrected chi connectivity index (χ1v) is 4.72. The number of aromatic nitrogens is 2. The minimum absolute atomic E-state index is 0.108. The van der Waals surface area contributed by atoms with Crippen LogP contribution in [0.4, 0.5) is 0 Å². The molecule has 0 bridgehead atoms. The smallest absolute Gasteiger partial charge is 0.0217 e. The number of nitrogens with zero attached hydrogens (tertiary/aromatic N) is 2. The van der Waals surface area contributed by atoms with E-state index in [2.05, 4.69) is 57.8 Å². The molecule has 2 nitrogen and oxygen atoms in total.